The standard InChI is InChI=1S/C19H31N5O4/c1-21(2)16(26)14-22-10-12-23(13-11-22)15(25)6-9-24-17(27)19(20-18(24)28)7-4-3-5-8-19/h3-14H2,1-2H3,(H,20,28). The van der Waals surface area contributed by atoms with Crippen molar-refractivity contribution in [3.63, 3.8) is 0 Å². The monoisotopic (exact) mass is 393 g/mol. The molecule has 156 valence electrons. The first-order valence-electron chi connectivity index (χ1n) is 10.2. The normalized spacial score (nSPS) is 22.5. The lowest BCUT2D eigenvalue weighted by molar-refractivity contribution is -0.135. The highest BCUT2D eigenvalue weighted by atomic mass is 16.2. The number of hydrogen-bond acceptors (Lipinski definition) is 5. The largest absolute Gasteiger partial charge is 0.348 e. The summed E-state index contributed by atoms with van der Waals surface area (Å²) >= 11 is 0. The molecule has 2 saturated heterocycles. The van der Waals surface area contributed by atoms with Crippen LogP contribution in [0.1, 0.15) is 38.5 Å². The van der Waals surface area contributed by atoms with Gasteiger partial charge in [0.25, 0.3) is 5.91 Å². The van der Waals surface area contributed by atoms with Gasteiger partial charge >= 0.3 is 6.03 Å². The minimum Gasteiger partial charge on any atom is -0.348 e. The zero-order valence-corrected chi connectivity index (χ0v) is 16.9. The lowest BCUT2D eigenvalue weighted by atomic mass is 9.82. The molecule has 0 radical (unpaired) electrons. The van der Waals surface area contributed by atoms with Crippen LogP contribution in [0.2, 0.25) is 0 Å². The summed E-state index contributed by atoms with van der Waals surface area (Å²) in [5.74, 6) is -0.171. The van der Waals surface area contributed by atoms with E-state index in [4.69, 9.17) is 0 Å². The maximum absolute atomic E-state index is 12.8. The number of carbonyl (C=O) groups is 4. The number of hydrogen-bond donors (Lipinski definition) is 1. The Morgan fingerprint density at radius 2 is 1.68 bits per heavy atom. The van der Waals surface area contributed by atoms with Crippen LogP contribution < -0.4 is 5.32 Å². The van der Waals surface area contributed by atoms with Crippen LogP contribution in [0.25, 0.3) is 0 Å². The second kappa shape index (κ2) is 8.46. The number of nitrogens with one attached hydrogen (secondary N) is 1. The molecule has 2 heterocycles. The zero-order chi connectivity index (χ0) is 20.3. The molecule has 5 amide bonds. The predicted octanol–water partition coefficient (Wildman–Crippen LogP) is -0.136. The minimum absolute atomic E-state index is 0.0509. The van der Waals surface area contributed by atoms with Crippen LogP contribution in [0, 0.1) is 0 Å². The highest BCUT2D eigenvalue weighted by molar-refractivity contribution is 6.07. The molecule has 1 N–H and O–H groups in total. The number of nitrogens with zero attached hydrogens (tertiary/aromatic N) is 4. The van der Waals surface area contributed by atoms with Crippen molar-refractivity contribution in [2.75, 3.05) is 53.4 Å². The summed E-state index contributed by atoms with van der Waals surface area (Å²) < 4.78 is 0. The van der Waals surface area contributed by atoms with Crippen LogP contribution >= 0.6 is 0 Å². The van der Waals surface area contributed by atoms with Gasteiger partial charge in [-0.25, -0.2) is 4.79 Å². The summed E-state index contributed by atoms with van der Waals surface area (Å²) in [5, 5.41) is 2.88. The van der Waals surface area contributed by atoms with E-state index in [0.29, 0.717) is 45.6 Å². The van der Waals surface area contributed by atoms with Gasteiger partial charge in [0.15, 0.2) is 0 Å². The van der Waals surface area contributed by atoms with E-state index in [9.17, 15) is 19.2 Å². The van der Waals surface area contributed by atoms with Gasteiger partial charge in [-0.2, -0.15) is 0 Å². The van der Waals surface area contributed by atoms with Gasteiger partial charge in [-0.3, -0.25) is 24.2 Å². The summed E-state index contributed by atoms with van der Waals surface area (Å²) in [4.78, 5) is 55.9. The van der Waals surface area contributed by atoms with E-state index in [2.05, 4.69) is 5.32 Å². The predicted molar refractivity (Wildman–Crippen MR) is 102 cm³/mol. The summed E-state index contributed by atoms with van der Waals surface area (Å²) in [5.41, 5.74) is -0.733. The fourth-order valence-electron chi connectivity index (χ4n) is 4.23. The number of piperazine rings is 1. The first-order valence-corrected chi connectivity index (χ1v) is 10.2. The molecule has 0 aromatic carbocycles. The van der Waals surface area contributed by atoms with Gasteiger partial charge in [-0.05, 0) is 12.8 Å². The number of rotatable bonds is 5. The zero-order valence-electron chi connectivity index (χ0n) is 16.9. The summed E-state index contributed by atoms with van der Waals surface area (Å²) in [6.45, 7) is 2.91. The Bertz CT molecular complexity index is 636. The number of amides is 5. The molecule has 1 aliphatic carbocycles. The number of likely N-dealkylation sites (N-methyl/N-ethyl adjacent to an activating group) is 1. The van der Waals surface area contributed by atoms with Crippen LogP contribution in [0.4, 0.5) is 4.79 Å². The highest BCUT2D eigenvalue weighted by Crippen LogP contribution is 2.33. The Morgan fingerprint density at radius 3 is 2.29 bits per heavy atom. The van der Waals surface area contributed by atoms with Gasteiger partial charge in [0, 0.05) is 53.2 Å². The first-order chi connectivity index (χ1) is 13.3. The minimum atomic E-state index is -0.733. The highest BCUT2D eigenvalue weighted by Gasteiger charge is 2.51. The molecular weight excluding hydrogens is 362 g/mol. The summed E-state index contributed by atoms with van der Waals surface area (Å²) in [7, 11) is 3.46. The molecule has 3 fully saturated rings. The third-order valence-electron chi connectivity index (χ3n) is 6.08. The number of carbonyl (C=O) groups excluding carboxylic acids is 4. The van der Waals surface area contributed by atoms with E-state index in [1.807, 2.05) is 4.90 Å². The van der Waals surface area contributed by atoms with Crippen molar-refractivity contribution in [2.24, 2.45) is 0 Å². The fraction of sp³-hybridized carbons (Fsp3) is 0.789. The van der Waals surface area contributed by atoms with Gasteiger partial charge in [-0.15, -0.1) is 0 Å². The van der Waals surface area contributed by atoms with Crippen molar-refractivity contribution in [3.05, 3.63) is 0 Å². The van der Waals surface area contributed by atoms with Crippen molar-refractivity contribution >= 4 is 23.8 Å². The molecule has 28 heavy (non-hydrogen) atoms. The fourth-order valence-corrected chi connectivity index (χ4v) is 4.23. The molecule has 0 unspecified atom stereocenters. The molecule has 9 heteroatoms. The number of urea groups is 1. The molecule has 0 bridgehead atoms. The molecule has 0 aromatic heterocycles. The summed E-state index contributed by atoms with van der Waals surface area (Å²) in [6, 6.07) is -0.369. The Labute approximate surface area is 166 Å². The molecule has 2 aliphatic heterocycles. The van der Waals surface area contributed by atoms with E-state index >= 15 is 0 Å². The smallest absolute Gasteiger partial charge is 0.325 e. The Kier molecular flexibility index (Phi) is 6.22. The topological polar surface area (TPSA) is 93.3 Å². The lowest BCUT2D eigenvalue weighted by Crippen LogP contribution is -2.51. The average molecular weight is 393 g/mol. The van der Waals surface area contributed by atoms with Crippen molar-refractivity contribution in [1.29, 1.82) is 0 Å². The van der Waals surface area contributed by atoms with Gasteiger partial charge in [0.1, 0.15) is 5.54 Å². The van der Waals surface area contributed by atoms with E-state index in [-0.39, 0.29) is 36.7 Å². The third kappa shape index (κ3) is 4.29. The molecule has 1 spiro atoms. The van der Waals surface area contributed by atoms with Crippen LogP contribution in [0.15, 0.2) is 0 Å². The van der Waals surface area contributed by atoms with E-state index in [1.165, 1.54) is 4.90 Å². The van der Waals surface area contributed by atoms with Gasteiger partial charge in [0.05, 0.1) is 6.54 Å². The second-order valence-electron chi connectivity index (χ2n) is 8.22. The molecule has 0 aromatic rings. The van der Waals surface area contributed by atoms with Crippen LogP contribution in [0.5, 0.6) is 0 Å². The van der Waals surface area contributed by atoms with E-state index in [1.54, 1.807) is 23.9 Å². The first kappa shape index (κ1) is 20.6. The van der Waals surface area contributed by atoms with Crippen LogP contribution in [-0.4, -0.2) is 102 Å². The van der Waals surface area contributed by atoms with Gasteiger partial charge in [0.2, 0.25) is 11.8 Å². The van der Waals surface area contributed by atoms with Crippen molar-refractivity contribution in [2.45, 2.75) is 44.1 Å². The molecule has 1 saturated carbocycles. The second-order valence-corrected chi connectivity index (χ2v) is 8.22. The Hall–Kier alpha value is -2.16. The maximum Gasteiger partial charge on any atom is 0.325 e. The molecule has 3 aliphatic rings. The van der Waals surface area contributed by atoms with Crippen molar-refractivity contribution in [1.82, 2.24) is 24.9 Å². The van der Waals surface area contributed by atoms with Crippen molar-refractivity contribution < 1.29 is 19.2 Å². The van der Waals surface area contributed by atoms with E-state index in [0.717, 1.165) is 19.3 Å². The molecule has 3 rings (SSSR count). The number of imide groups is 1. The quantitative estimate of drug-likeness (QED) is 0.657. The van der Waals surface area contributed by atoms with Crippen LogP contribution in [-0.2, 0) is 14.4 Å². The van der Waals surface area contributed by atoms with Crippen LogP contribution in [0.3, 0.4) is 0 Å². The molecule has 0 atom stereocenters. The van der Waals surface area contributed by atoms with Gasteiger partial charge < -0.3 is 15.1 Å². The third-order valence-corrected chi connectivity index (χ3v) is 6.08. The maximum atomic E-state index is 12.8. The Balaban J connectivity index is 1.45. The molecular formula is C19H31N5O4. The SMILES string of the molecule is CN(C)C(=O)CN1CCN(C(=O)CCN2C(=O)NC3(CCCCC3)C2=O)CC1. The summed E-state index contributed by atoms with van der Waals surface area (Å²) in [6.07, 6.45) is 4.51. The van der Waals surface area contributed by atoms with E-state index < -0.39 is 5.54 Å². The van der Waals surface area contributed by atoms with Gasteiger partial charge in [-0.1, -0.05) is 19.3 Å². The van der Waals surface area contributed by atoms with Crippen molar-refractivity contribution in [3.8, 4) is 0 Å². The molecule has 9 nitrogen and oxygen atoms in total. The Morgan fingerprint density at radius 1 is 1.04 bits per heavy atom. The lowest BCUT2D eigenvalue weighted by Gasteiger charge is -2.35. The average Bonchev–Trinajstić information content (AvgIpc) is 2.90.